The Morgan fingerprint density at radius 1 is 1.38 bits per heavy atom. The first-order chi connectivity index (χ1) is 12.5. The Kier molecular flexibility index (Phi) is 5.28. The lowest BCUT2D eigenvalue weighted by Crippen LogP contribution is -2.34. The fourth-order valence-electron chi connectivity index (χ4n) is 3.14. The minimum atomic E-state index is -3.97. The van der Waals surface area contributed by atoms with Crippen molar-refractivity contribution in [2.75, 3.05) is 20.8 Å². The predicted octanol–water partition coefficient (Wildman–Crippen LogP) is 1.07. The molecule has 0 saturated carbocycles. The van der Waals surface area contributed by atoms with E-state index in [9.17, 15) is 13.2 Å². The van der Waals surface area contributed by atoms with Crippen LogP contribution in [0.5, 0.6) is 5.75 Å². The Balaban J connectivity index is 1.75. The molecule has 26 heavy (non-hydrogen) atoms. The van der Waals surface area contributed by atoms with Gasteiger partial charge in [-0.3, -0.25) is 9.48 Å². The number of aromatic nitrogens is 2. The molecule has 1 atom stereocenters. The molecule has 0 bridgehead atoms. The first kappa shape index (κ1) is 18.4. The number of carbonyl (C=O) groups excluding carboxylic acids is 1. The predicted molar refractivity (Wildman–Crippen MR) is 93.5 cm³/mol. The van der Waals surface area contributed by atoms with Gasteiger partial charge in [0.25, 0.3) is 10.0 Å². The second-order valence-corrected chi connectivity index (χ2v) is 7.70. The Morgan fingerprint density at radius 2 is 2.19 bits per heavy atom. The maximum Gasteiger partial charge on any atom is 0.267 e. The van der Waals surface area contributed by atoms with Gasteiger partial charge in [-0.2, -0.15) is 5.10 Å². The van der Waals surface area contributed by atoms with E-state index in [0.29, 0.717) is 26.0 Å². The molecule has 1 aliphatic carbocycles. The van der Waals surface area contributed by atoms with Crippen LogP contribution in [0.15, 0.2) is 35.5 Å². The molecular weight excluding hydrogens is 358 g/mol. The Morgan fingerprint density at radius 3 is 2.92 bits per heavy atom. The highest BCUT2D eigenvalue weighted by molar-refractivity contribution is 7.90. The number of nitrogens with zero attached hydrogens (tertiary/aromatic N) is 2. The van der Waals surface area contributed by atoms with Crippen LogP contribution in [0.1, 0.15) is 23.5 Å². The van der Waals surface area contributed by atoms with Gasteiger partial charge in [0.2, 0.25) is 5.91 Å². The largest absolute Gasteiger partial charge is 0.496 e. The third kappa shape index (κ3) is 3.58. The highest BCUT2D eigenvalue weighted by Gasteiger charge is 2.33. The van der Waals surface area contributed by atoms with E-state index < -0.39 is 21.8 Å². The lowest BCUT2D eigenvalue weighted by atomic mass is 10.0. The third-order valence-corrected chi connectivity index (χ3v) is 5.74. The summed E-state index contributed by atoms with van der Waals surface area (Å²) in [6.07, 6.45) is 3.81. The lowest BCUT2D eigenvalue weighted by molar-refractivity contribution is -0.120. The van der Waals surface area contributed by atoms with E-state index in [2.05, 4.69) is 9.82 Å². The summed E-state index contributed by atoms with van der Waals surface area (Å²) in [5, 5.41) is 3.97. The standard InChI is InChI=1S/C17H21N3O5S/c1-24-9-8-20-11-12(10-18-20)26(22,23)19-17(21)15-7-6-14-13(15)4-3-5-16(14)25-2/h3-5,10-11,15H,6-9H2,1-2H3,(H,19,21). The van der Waals surface area contributed by atoms with E-state index in [1.807, 2.05) is 12.1 Å². The summed E-state index contributed by atoms with van der Waals surface area (Å²) in [6.45, 7) is 0.837. The summed E-state index contributed by atoms with van der Waals surface area (Å²) in [6, 6.07) is 5.48. The molecule has 3 rings (SSSR count). The van der Waals surface area contributed by atoms with Gasteiger partial charge < -0.3 is 9.47 Å². The second-order valence-electron chi connectivity index (χ2n) is 6.02. The summed E-state index contributed by atoms with van der Waals surface area (Å²) in [7, 11) is -0.845. The van der Waals surface area contributed by atoms with Crippen LogP contribution in [0.2, 0.25) is 0 Å². The normalized spacial score (nSPS) is 16.3. The van der Waals surface area contributed by atoms with Crippen molar-refractivity contribution >= 4 is 15.9 Å². The van der Waals surface area contributed by atoms with Crippen LogP contribution < -0.4 is 9.46 Å². The van der Waals surface area contributed by atoms with Gasteiger partial charge in [0.1, 0.15) is 10.6 Å². The summed E-state index contributed by atoms with van der Waals surface area (Å²) >= 11 is 0. The van der Waals surface area contributed by atoms with Crippen LogP contribution in [0.3, 0.4) is 0 Å². The highest BCUT2D eigenvalue weighted by Crippen LogP contribution is 2.38. The maximum atomic E-state index is 12.6. The molecular formula is C17H21N3O5S. The molecule has 1 aliphatic rings. The van der Waals surface area contributed by atoms with Gasteiger partial charge >= 0.3 is 0 Å². The molecule has 2 aromatic rings. The van der Waals surface area contributed by atoms with E-state index in [0.717, 1.165) is 16.9 Å². The van der Waals surface area contributed by atoms with Crippen molar-refractivity contribution in [2.24, 2.45) is 0 Å². The van der Waals surface area contributed by atoms with Gasteiger partial charge in [-0.25, -0.2) is 13.1 Å². The van der Waals surface area contributed by atoms with Crippen LogP contribution in [0, 0.1) is 0 Å². The number of amides is 1. The summed E-state index contributed by atoms with van der Waals surface area (Å²) in [4.78, 5) is 12.5. The van der Waals surface area contributed by atoms with E-state index >= 15 is 0 Å². The van der Waals surface area contributed by atoms with Gasteiger partial charge in [0, 0.05) is 13.3 Å². The number of sulfonamides is 1. The number of hydrogen-bond donors (Lipinski definition) is 1. The monoisotopic (exact) mass is 379 g/mol. The number of methoxy groups -OCH3 is 2. The van der Waals surface area contributed by atoms with Crippen molar-refractivity contribution in [3.8, 4) is 5.75 Å². The molecule has 1 unspecified atom stereocenters. The first-order valence-corrected chi connectivity index (χ1v) is 9.68. The van der Waals surface area contributed by atoms with E-state index in [1.165, 1.54) is 17.1 Å². The van der Waals surface area contributed by atoms with Crippen molar-refractivity contribution in [3.63, 3.8) is 0 Å². The van der Waals surface area contributed by atoms with Crippen LogP contribution in [-0.4, -0.2) is 44.9 Å². The summed E-state index contributed by atoms with van der Waals surface area (Å²) < 4.78 is 38.8. The zero-order chi connectivity index (χ0) is 18.7. The Bertz CT molecular complexity index is 907. The highest BCUT2D eigenvalue weighted by atomic mass is 32.2. The van der Waals surface area contributed by atoms with Gasteiger partial charge in [-0.15, -0.1) is 0 Å². The van der Waals surface area contributed by atoms with Gasteiger partial charge in [0.05, 0.1) is 32.4 Å². The quantitative estimate of drug-likeness (QED) is 0.773. The topological polar surface area (TPSA) is 99.5 Å². The zero-order valence-electron chi connectivity index (χ0n) is 14.6. The molecule has 1 aromatic carbocycles. The second kappa shape index (κ2) is 7.46. The molecule has 140 valence electrons. The van der Waals surface area contributed by atoms with Gasteiger partial charge in [-0.1, -0.05) is 12.1 Å². The molecule has 1 heterocycles. The Labute approximate surface area is 152 Å². The number of fused-ring (bicyclic) bond motifs is 1. The van der Waals surface area contributed by atoms with Crippen LogP contribution in [0.4, 0.5) is 0 Å². The van der Waals surface area contributed by atoms with Crippen molar-refractivity contribution < 1.29 is 22.7 Å². The lowest BCUT2D eigenvalue weighted by Gasteiger charge is -2.13. The first-order valence-electron chi connectivity index (χ1n) is 8.20. The number of hydrogen-bond acceptors (Lipinski definition) is 6. The molecule has 1 aromatic heterocycles. The van der Waals surface area contributed by atoms with E-state index in [-0.39, 0.29) is 4.90 Å². The maximum absolute atomic E-state index is 12.6. The van der Waals surface area contributed by atoms with Crippen LogP contribution >= 0.6 is 0 Å². The van der Waals surface area contributed by atoms with E-state index in [1.54, 1.807) is 20.3 Å². The molecule has 0 radical (unpaired) electrons. The fourth-order valence-corrected chi connectivity index (χ4v) is 4.11. The van der Waals surface area contributed by atoms with Crippen LogP contribution in [-0.2, 0) is 32.5 Å². The van der Waals surface area contributed by atoms with Gasteiger partial charge in [-0.05, 0) is 30.0 Å². The molecule has 0 spiro atoms. The molecule has 0 fully saturated rings. The zero-order valence-corrected chi connectivity index (χ0v) is 15.5. The number of rotatable bonds is 7. The molecule has 9 heteroatoms. The minimum absolute atomic E-state index is 0.0502. The van der Waals surface area contributed by atoms with Crippen molar-refractivity contribution in [3.05, 3.63) is 41.7 Å². The average molecular weight is 379 g/mol. The molecule has 0 saturated heterocycles. The average Bonchev–Trinajstić information content (AvgIpc) is 3.26. The molecule has 0 aliphatic heterocycles. The van der Waals surface area contributed by atoms with E-state index in [4.69, 9.17) is 9.47 Å². The van der Waals surface area contributed by atoms with Gasteiger partial charge in [0.15, 0.2) is 0 Å². The third-order valence-electron chi connectivity index (χ3n) is 4.44. The molecule has 1 amide bonds. The number of benzene rings is 1. The Hall–Kier alpha value is -2.39. The number of nitrogens with one attached hydrogen (secondary N) is 1. The van der Waals surface area contributed by atoms with Crippen molar-refractivity contribution in [1.29, 1.82) is 0 Å². The smallest absolute Gasteiger partial charge is 0.267 e. The minimum Gasteiger partial charge on any atom is -0.496 e. The molecule has 1 N–H and O–H groups in total. The number of ether oxygens (including phenoxy) is 2. The van der Waals surface area contributed by atoms with Crippen LogP contribution in [0.25, 0.3) is 0 Å². The van der Waals surface area contributed by atoms with Crippen molar-refractivity contribution in [2.45, 2.75) is 30.2 Å². The molecule has 8 nitrogen and oxygen atoms in total. The summed E-state index contributed by atoms with van der Waals surface area (Å²) in [5.41, 5.74) is 1.77. The summed E-state index contributed by atoms with van der Waals surface area (Å²) in [5.74, 6) is -0.333. The number of carbonyl (C=O) groups is 1. The fraction of sp³-hybridized carbons (Fsp3) is 0.412. The SMILES string of the molecule is COCCn1cc(S(=O)(=O)NC(=O)C2CCc3c(OC)cccc32)cn1. The van der Waals surface area contributed by atoms with Crippen molar-refractivity contribution in [1.82, 2.24) is 14.5 Å².